The van der Waals surface area contributed by atoms with E-state index in [4.69, 9.17) is 10.00 Å². The zero-order valence-corrected chi connectivity index (χ0v) is 9.14. The van der Waals surface area contributed by atoms with Crippen LogP contribution in [0.5, 0.6) is 11.6 Å². The van der Waals surface area contributed by atoms with Crippen LogP contribution in [0.1, 0.15) is 11.3 Å². The number of nitrogens with zero attached hydrogens (tertiary/aromatic N) is 2. The average Bonchev–Trinajstić information content (AvgIpc) is 2.34. The minimum absolute atomic E-state index is 0.118. The standard InChI is InChI=1S/C13H9FN2O/c1-9-10(8-15)7-12(14)13(16-9)17-11-5-3-2-4-6-11/h2-7H,1H3. The molecule has 0 radical (unpaired) electrons. The maximum absolute atomic E-state index is 13.6. The number of pyridine rings is 1. The zero-order chi connectivity index (χ0) is 12.3. The van der Waals surface area contributed by atoms with Gasteiger partial charge in [-0.05, 0) is 25.1 Å². The summed E-state index contributed by atoms with van der Waals surface area (Å²) in [7, 11) is 0. The first-order valence-corrected chi connectivity index (χ1v) is 5.01. The lowest BCUT2D eigenvalue weighted by atomic mass is 10.2. The molecule has 3 nitrogen and oxygen atoms in total. The van der Waals surface area contributed by atoms with Gasteiger partial charge in [-0.1, -0.05) is 18.2 Å². The lowest BCUT2D eigenvalue weighted by Crippen LogP contribution is -1.96. The Hall–Kier alpha value is -2.41. The molecule has 0 aliphatic carbocycles. The molecule has 0 atom stereocenters. The zero-order valence-electron chi connectivity index (χ0n) is 9.14. The molecule has 17 heavy (non-hydrogen) atoms. The summed E-state index contributed by atoms with van der Waals surface area (Å²) in [5.74, 6) is -0.258. The van der Waals surface area contributed by atoms with Crippen molar-refractivity contribution in [3.63, 3.8) is 0 Å². The lowest BCUT2D eigenvalue weighted by molar-refractivity contribution is 0.421. The van der Waals surface area contributed by atoms with E-state index in [1.165, 1.54) is 0 Å². The van der Waals surface area contributed by atoms with Crippen molar-refractivity contribution in [2.24, 2.45) is 0 Å². The second kappa shape index (κ2) is 4.62. The summed E-state index contributed by atoms with van der Waals surface area (Å²) >= 11 is 0. The monoisotopic (exact) mass is 228 g/mol. The van der Waals surface area contributed by atoms with Gasteiger partial charge in [-0.2, -0.15) is 5.26 Å². The highest BCUT2D eigenvalue weighted by molar-refractivity contribution is 5.37. The van der Waals surface area contributed by atoms with Crippen molar-refractivity contribution in [2.75, 3.05) is 0 Å². The first-order valence-electron chi connectivity index (χ1n) is 5.01. The molecule has 1 aromatic carbocycles. The predicted octanol–water partition coefficient (Wildman–Crippen LogP) is 3.19. The topological polar surface area (TPSA) is 45.9 Å². The maximum atomic E-state index is 13.6. The van der Waals surface area contributed by atoms with Crippen molar-refractivity contribution in [1.29, 1.82) is 5.26 Å². The Bertz CT molecular complexity index is 576. The second-order valence-electron chi connectivity index (χ2n) is 3.44. The van der Waals surface area contributed by atoms with Gasteiger partial charge in [0.1, 0.15) is 11.8 Å². The molecule has 1 aromatic heterocycles. The van der Waals surface area contributed by atoms with Crippen LogP contribution in [0.15, 0.2) is 36.4 Å². The van der Waals surface area contributed by atoms with Crippen molar-refractivity contribution in [3.05, 3.63) is 53.5 Å². The van der Waals surface area contributed by atoms with Crippen molar-refractivity contribution >= 4 is 0 Å². The van der Waals surface area contributed by atoms with E-state index in [1.807, 2.05) is 12.1 Å². The third-order valence-corrected chi connectivity index (χ3v) is 2.21. The van der Waals surface area contributed by atoms with Crippen molar-refractivity contribution in [2.45, 2.75) is 6.92 Å². The van der Waals surface area contributed by atoms with Crippen LogP contribution in [0.2, 0.25) is 0 Å². The van der Waals surface area contributed by atoms with E-state index in [-0.39, 0.29) is 11.4 Å². The molecule has 0 saturated heterocycles. The van der Waals surface area contributed by atoms with Crippen molar-refractivity contribution in [1.82, 2.24) is 4.98 Å². The third kappa shape index (κ3) is 2.40. The Morgan fingerprint density at radius 1 is 1.29 bits per heavy atom. The van der Waals surface area contributed by atoms with Crippen molar-refractivity contribution < 1.29 is 9.13 Å². The Morgan fingerprint density at radius 2 is 2.00 bits per heavy atom. The summed E-state index contributed by atoms with van der Waals surface area (Å²) in [4.78, 5) is 3.92. The molecule has 0 spiro atoms. The van der Waals surface area contributed by atoms with E-state index in [1.54, 1.807) is 31.2 Å². The largest absolute Gasteiger partial charge is 0.436 e. The van der Waals surface area contributed by atoms with Gasteiger partial charge in [0.25, 0.3) is 5.88 Å². The Morgan fingerprint density at radius 3 is 2.65 bits per heavy atom. The lowest BCUT2D eigenvalue weighted by Gasteiger charge is -2.06. The van der Waals surface area contributed by atoms with E-state index in [0.29, 0.717) is 11.4 Å². The molecule has 0 amide bonds. The number of halogens is 1. The Kier molecular flexibility index (Phi) is 3.01. The molecule has 0 aliphatic heterocycles. The van der Waals surface area contributed by atoms with E-state index in [0.717, 1.165) is 6.07 Å². The molecule has 0 bridgehead atoms. The molecule has 4 heteroatoms. The summed E-state index contributed by atoms with van der Waals surface area (Å²) in [6.45, 7) is 1.63. The van der Waals surface area contributed by atoms with Crippen LogP contribution in [0, 0.1) is 24.1 Å². The van der Waals surface area contributed by atoms with Crippen LogP contribution in [0.3, 0.4) is 0 Å². The van der Waals surface area contributed by atoms with Crippen LogP contribution in [0.4, 0.5) is 4.39 Å². The summed E-state index contributed by atoms with van der Waals surface area (Å²) in [5.41, 5.74) is 0.655. The Labute approximate surface area is 98.1 Å². The number of hydrogen-bond donors (Lipinski definition) is 0. The van der Waals surface area contributed by atoms with Crippen LogP contribution >= 0.6 is 0 Å². The van der Waals surface area contributed by atoms with Crippen LogP contribution in [-0.2, 0) is 0 Å². The minimum Gasteiger partial charge on any atom is -0.436 e. The highest BCUT2D eigenvalue weighted by atomic mass is 19.1. The van der Waals surface area contributed by atoms with Gasteiger partial charge in [0.15, 0.2) is 5.82 Å². The number of aromatic nitrogens is 1. The summed E-state index contributed by atoms with van der Waals surface area (Å²) in [6, 6.07) is 11.8. The summed E-state index contributed by atoms with van der Waals surface area (Å²) in [6.07, 6.45) is 0. The molecule has 0 aliphatic rings. The number of ether oxygens (including phenoxy) is 1. The fraction of sp³-hybridized carbons (Fsp3) is 0.0769. The number of hydrogen-bond acceptors (Lipinski definition) is 3. The van der Waals surface area contributed by atoms with Crippen molar-refractivity contribution in [3.8, 4) is 17.7 Å². The highest BCUT2D eigenvalue weighted by Gasteiger charge is 2.10. The third-order valence-electron chi connectivity index (χ3n) is 2.21. The van der Waals surface area contributed by atoms with Crippen LogP contribution < -0.4 is 4.74 Å². The van der Waals surface area contributed by atoms with Gasteiger partial charge in [0.05, 0.1) is 11.3 Å². The minimum atomic E-state index is -0.643. The first-order chi connectivity index (χ1) is 8.20. The van der Waals surface area contributed by atoms with Crippen LogP contribution in [-0.4, -0.2) is 4.98 Å². The molecule has 0 saturated carbocycles. The normalized spacial score (nSPS) is 9.71. The van der Waals surface area contributed by atoms with E-state index in [9.17, 15) is 4.39 Å². The smallest absolute Gasteiger partial charge is 0.256 e. The number of para-hydroxylation sites is 1. The fourth-order valence-electron chi connectivity index (χ4n) is 1.34. The van der Waals surface area contributed by atoms with Gasteiger partial charge in [0.2, 0.25) is 0 Å². The van der Waals surface area contributed by atoms with Gasteiger partial charge < -0.3 is 4.74 Å². The molecule has 84 valence electrons. The average molecular weight is 228 g/mol. The predicted molar refractivity (Wildman–Crippen MR) is 60.2 cm³/mol. The SMILES string of the molecule is Cc1nc(Oc2ccccc2)c(F)cc1C#N. The molecule has 2 aromatic rings. The molecular formula is C13H9FN2O. The summed E-state index contributed by atoms with van der Waals surface area (Å²) < 4.78 is 18.9. The fourth-order valence-corrected chi connectivity index (χ4v) is 1.34. The van der Waals surface area contributed by atoms with Gasteiger partial charge in [0, 0.05) is 0 Å². The molecule has 1 heterocycles. The van der Waals surface area contributed by atoms with E-state index in [2.05, 4.69) is 4.98 Å². The summed E-state index contributed by atoms with van der Waals surface area (Å²) in [5, 5.41) is 8.73. The molecule has 2 rings (SSSR count). The number of rotatable bonds is 2. The second-order valence-corrected chi connectivity index (χ2v) is 3.44. The van der Waals surface area contributed by atoms with Gasteiger partial charge in [-0.15, -0.1) is 0 Å². The van der Waals surface area contributed by atoms with Crippen LogP contribution in [0.25, 0.3) is 0 Å². The van der Waals surface area contributed by atoms with E-state index >= 15 is 0 Å². The maximum Gasteiger partial charge on any atom is 0.256 e. The molecule has 0 fully saturated rings. The van der Waals surface area contributed by atoms with Gasteiger partial charge in [-0.3, -0.25) is 0 Å². The molecular weight excluding hydrogens is 219 g/mol. The van der Waals surface area contributed by atoms with Gasteiger partial charge in [-0.25, -0.2) is 9.37 Å². The van der Waals surface area contributed by atoms with E-state index < -0.39 is 5.82 Å². The molecule has 0 N–H and O–H groups in total. The van der Waals surface area contributed by atoms with Gasteiger partial charge >= 0.3 is 0 Å². The number of nitriles is 1. The highest BCUT2D eigenvalue weighted by Crippen LogP contribution is 2.23. The quantitative estimate of drug-likeness (QED) is 0.792. The number of aryl methyl sites for hydroxylation is 1. The number of benzene rings is 1. The Balaban J connectivity index is 2.35. The molecule has 0 unspecified atom stereocenters. The first kappa shape index (κ1) is 11.1.